The molecule has 0 radical (unpaired) electrons. The third kappa shape index (κ3) is 2.41. The molecular formula is C14H20ClN3O2. The fourth-order valence-corrected chi connectivity index (χ4v) is 2.72. The normalized spacial score (nSPS) is 27.8. The van der Waals surface area contributed by atoms with Gasteiger partial charge in [-0.05, 0) is 19.1 Å². The molecule has 1 aromatic heterocycles. The van der Waals surface area contributed by atoms with Crippen LogP contribution in [0.25, 0.3) is 0 Å². The van der Waals surface area contributed by atoms with Gasteiger partial charge in [0.2, 0.25) is 5.91 Å². The minimum absolute atomic E-state index is 0.00396. The Hall–Kier alpha value is -1.17. The number of nitrogens with two attached hydrogens (primary N) is 1. The first-order valence-corrected chi connectivity index (χ1v) is 7.02. The van der Waals surface area contributed by atoms with Gasteiger partial charge in [-0.25, -0.2) is 4.98 Å². The smallest absolute Gasteiger partial charge is 0.245 e. The van der Waals surface area contributed by atoms with Gasteiger partial charge >= 0.3 is 0 Å². The van der Waals surface area contributed by atoms with E-state index in [1.54, 1.807) is 12.1 Å². The van der Waals surface area contributed by atoms with Crippen LogP contribution in [0.5, 0.6) is 0 Å². The summed E-state index contributed by atoms with van der Waals surface area (Å²) in [5, 5.41) is 3.13. The average Bonchev–Trinajstić information content (AvgIpc) is 2.38. The van der Waals surface area contributed by atoms with Gasteiger partial charge in [-0.2, -0.15) is 0 Å². The lowest BCUT2D eigenvalue weighted by atomic mass is 9.54. The average molecular weight is 298 g/mol. The molecular weight excluding hydrogens is 278 g/mol. The molecule has 1 amide bonds. The van der Waals surface area contributed by atoms with Crippen LogP contribution < -0.4 is 11.1 Å². The van der Waals surface area contributed by atoms with Crippen molar-refractivity contribution in [1.82, 2.24) is 4.98 Å². The Bertz CT molecular complexity index is 521. The lowest BCUT2D eigenvalue weighted by Crippen LogP contribution is -2.74. The number of hydrogen-bond acceptors (Lipinski definition) is 4. The maximum absolute atomic E-state index is 12.4. The second-order valence-electron chi connectivity index (χ2n) is 5.66. The second-order valence-corrected chi connectivity index (χ2v) is 6.05. The number of carbonyl (C=O) groups is 1. The van der Waals surface area contributed by atoms with Crippen molar-refractivity contribution in [3.05, 3.63) is 23.5 Å². The van der Waals surface area contributed by atoms with E-state index in [-0.39, 0.29) is 12.0 Å². The number of nitrogens with zero attached hydrogens (tertiary/aromatic N) is 1. The molecule has 0 aromatic carbocycles. The fourth-order valence-electron chi connectivity index (χ4n) is 2.54. The first-order chi connectivity index (χ1) is 9.31. The SMILES string of the molecule is CCOC1CC(N)(C(=O)Nc2ccnc(Cl)c2)C1(C)C. The number of anilines is 1. The molecule has 2 unspecified atom stereocenters. The first kappa shape index (κ1) is 15.2. The summed E-state index contributed by atoms with van der Waals surface area (Å²) in [7, 11) is 0. The van der Waals surface area contributed by atoms with Crippen LogP contribution in [0, 0.1) is 5.41 Å². The van der Waals surface area contributed by atoms with Crippen LogP contribution >= 0.6 is 11.6 Å². The third-order valence-corrected chi connectivity index (χ3v) is 4.43. The van der Waals surface area contributed by atoms with Crippen molar-refractivity contribution < 1.29 is 9.53 Å². The van der Waals surface area contributed by atoms with Gasteiger partial charge in [0.25, 0.3) is 0 Å². The van der Waals surface area contributed by atoms with Crippen LogP contribution in [0.4, 0.5) is 5.69 Å². The van der Waals surface area contributed by atoms with Crippen LogP contribution in [0.2, 0.25) is 5.15 Å². The highest BCUT2D eigenvalue weighted by atomic mass is 35.5. The first-order valence-electron chi connectivity index (χ1n) is 6.64. The summed E-state index contributed by atoms with van der Waals surface area (Å²) < 4.78 is 5.62. The molecule has 6 heteroatoms. The van der Waals surface area contributed by atoms with Gasteiger partial charge in [-0.3, -0.25) is 4.79 Å². The van der Waals surface area contributed by atoms with Crippen molar-refractivity contribution in [2.75, 3.05) is 11.9 Å². The van der Waals surface area contributed by atoms with E-state index < -0.39 is 11.0 Å². The Morgan fingerprint density at radius 1 is 1.65 bits per heavy atom. The highest BCUT2D eigenvalue weighted by Crippen LogP contribution is 2.50. The monoisotopic (exact) mass is 297 g/mol. The number of ether oxygens (including phenoxy) is 1. The van der Waals surface area contributed by atoms with E-state index in [1.807, 2.05) is 20.8 Å². The minimum Gasteiger partial charge on any atom is -0.378 e. The lowest BCUT2D eigenvalue weighted by Gasteiger charge is -2.57. The van der Waals surface area contributed by atoms with Gasteiger partial charge in [0.15, 0.2) is 0 Å². The molecule has 1 aromatic rings. The number of halogens is 1. The van der Waals surface area contributed by atoms with Crippen LogP contribution in [0.1, 0.15) is 27.2 Å². The highest BCUT2D eigenvalue weighted by molar-refractivity contribution is 6.29. The number of hydrogen-bond donors (Lipinski definition) is 2. The standard InChI is InChI=1S/C14H20ClN3O2/c1-4-20-10-8-14(16,13(10,2)3)12(19)18-9-5-6-17-11(15)7-9/h5-7,10H,4,8,16H2,1-3H3,(H,17,18,19). The number of aromatic nitrogens is 1. The summed E-state index contributed by atoms with van der Waals surface area (Å²) in [6, 6.07) is 3.27. The zero-order valence-electron chi connectivity index (χ0n) is 11.9. The Morgan fingerprint density at radius 3 is 2.90 bits per heavy atom. The summed E-state index contributed by atoms with van der Waals surface area (Å²) in [4.78, 5) is 16.3. The predicted octanol–water partition coefficient (Wildman–Crippen LogP) is 2.21. The number of nitrogens with one attached hydrogen (secondary N) is 1. The van der Waals surface area contributed by atoms with E-state index in [9.17, 15) is 4.79 Å². The van der Waals surface area contributed by atoms with Gasteiger partial charge in [0.05, 0.1) is 6.10 Å². The maximum atomic E-state index is 12.4. The summed E-state index contributed by atoms with van der Waals surface area (Å²) in [5.74, 6) is -0.222. The van der Waals surface area contributed by atoms with E-state index in [4.69, 9.17) is 22.1 Å². The topological polar surface area (TPSA) is 77.2 Å². The molecule has 1 fully saturated rings. The van der Waals surface area contributed by atoms with Crippen molar-refractivity contribution in [1.29, 1.82) is 0 Å². The summed E-state index contributed by atoms with van der Waals surface area (Å²) in [6.07, 6.45) is 2.05. The molecule has 2 rings (SSSR count). The van der Waals surface area contributed by atoms with Crippen LogP contribution in [-0.4, -0.2) is 29.1 Å². The van der Waals surface area contributed by atoms with Gasteiger partial charge in [0, 0.05) is 30.3 Å². The van der Waals surface area contributed by atoms with Crippen LogP contribution in [0.3, 0.4) is 0 Å². The molecule has 20 heavy (non-hydrogen) atoms. The lowest BCUT2D eigenvalue weighted by molar-refractivity contribution is -0.166. The molecule has 0 saturated heterocycles. The van der Waals surface area contributed by atoms with Gasteiger partial charge < -0.3 is 15.8 Å². The highest BCUT2D eigenvalue weighted by Gasteiger charge is 2.62. The van der Waals surface area contributed by atoms with Crippen molar-refractivity contribution >= 4 is 23.2 Å². The van der Waals surface area contributed by atoms with Crippen LogP contribution in [0.15, 0.2) is 18.3 Å². The molecule has 1 aliphatic rings. The second kappa shape index (κ2) is 5.31. The summed E-state index contributed by atoms with van der Waals surface area (Å²) >= 11 is 5.80. The molecule has 5 nitrogen and oxygen atoms in total. The number of amides is 1. The third-order valence-electron chi connectivity index (χ3n) is 4.22. The van der Waals surface area contributed by atoms with Crippen molar-refractivity contribution in [3.8, 4) is 0 Å². The van der Waals surface area contributed by atoms with Gasteiger partial charge in [0.1, 0.15) is 10.7 Å². The van der Waals surface area contributed by atoms with Gasteiger partial charge in [-0.15, -0.1) is 0 Å². The van der Waals surface area contributed by atoms with Crippen molar-refractivity contribution in [3.63, 3.8) is 0 Å². The summed E-state index contributed by atoms with van der Waals surface area (Å²) in [5.41, 5.74) is 5.53. The fraction of sp³-hybridized carbons (Fsp3) is 0.571. The van der Waals surface area contributed by atoms with E-state index in [0.29, 0.717) is 23.9 Å². The number of rotatable bonds is 4. The Morgan fingerprint density at radius 2 is 2.35 bits per heavy atom. The van der Waals surface area contributed by atoms with E-state index in [0.717, 1.165) is 0 Å². The molecule has 0 bridgehead atoms. The molecule has 1 saturated carbocycles. The van der Waals surface area contributed by atoms with E-state index >= 15 is 0 Å². The quantitative estimate of drug-likeness (QED) is 0.835. The zero-order chi connectivity index (χ0) is 15.0. The number of pyridine rings is 1. The minimum atomic E-state index is -0.942. The molecule has 1 heterocycles. The van der Waals surface area contributed by atoms with Gasteiger partial charge in [-0.1, -0.05) is 25.4 Å². The Kier molecular flexibility index (Phi) is 4.04. The molecule has 0 spiro atoms. The molecule has 1 aliphatic carbocycles. The zero-order valence-corrected chi connectivity index (χ0v) is 12.7. The van der Waals surface area contributed by atoms with E-state index in [1.165, 1.54) is 6.20 Å². The summed E-state index contributed by atoms with van der Waals surface area (Å²) in [6.45, 7) is 6.46. The maximum Gasteiger partial charge on any atom is 0.245 e. The molecule has 0 aliphatic heterocycles. The van der Waals surface area contributed by atoms with Crippen molar-refractivity contribution in [2.45, 2.75) is 38.8 Å². The largest absolute Gasteiger partial charge is 0.378 e. The van der Waals surface area contributed by atoms with E-state index in [2.05, 4.69) is 10.3 Å². The predicted molar refractivity (Wildman–Crippen MR) is 78.6 cm³/mol. The molecule has 2 atom stereocenters. The van der Waals surface area contributed by atoms with Crippen molar-refractivity contribution in [2.24, 2.45) is 11.1 Å². The Labute approximate surface area is 123 Å². The molecule has 110 valence electrons. The number of carbonyl (C=O) groups excluding carboxylic acids is 1. The Balaban J connectivity index is 2.10. The van der Waals surface area contributed by atoms with Crippen LogP contribution in [-0.2, 0) is 9.53 Å². The molecule has 3 N–H and O–H groups in total.